The van der Waals surface area contributed by atoms with Crippen molar-refractivity contribution in [3.63, 3.8) is 0 Å². The van der Waals surface area contributed by atoms with Crippen molar-refractivity contribution in [3.8, 4) is 0 Å². The summed E-state index contributed by atoms with van der Waals surface area (Å²) in [5.74, 6) is 0. The molecular formula is C9H14N3S. The van der Waals surface area contributed by atoms with Gasteiger partial charge in [0.25, 0.3) is 0 Å². The average Bonchev–Trinajstić information content (AvgIpc) is 2.69. The van der Waals surface area contributed by atoms with Gasteiger partial charge in [0.15, 0.2) is 5.51 Å². The van der Waals surface area contributed by atoms with Crippen molar-refractivity contribution in [2.75, 3.05) is 19.6 Å². The molecule has 1 fully saturated rings. The lowest BCUT2D eigenvalue weighted by Crippen LogP contribution is -2.31. The zero-order chi connectivity index (χ0) is 8.93. The highest BCUT2D eigenvalue weighted by Gasteiger charge is 2.10. The summed E-state index contributed by atoms with van der Waals surface area (Å²) in [5, 5.41) is 8.81. The van der Waals surface area contributed by atoms with Gasteiger partial charge in [-0.3, -0.25) is 0 Å². The Labute approximate surface area is 82.8 Å². The van der Waals surface area contributed by atoms with Crippen molar-refractivity contribution in [1.82, 2.24) is 15.1 Å². The summed E-state index contributed by atoms with van der Waals surface area (Å²) < 4.78 is 0. The molecule has 1 aliphatic rings. The molecule has 1 aromatic rings. The fourth-order valence-electron chi connectivity index (χ4n) is 1.71. The van der Waals surface area contributed by atoms with Crippen molar-refractivity contribution < 1.29 is 0 Å². The van der Waals surface area contributed by atoms with Gasteiger partial charge in [-0.15, -0.1) is 10.2 Å². The Kier molecular flexibility index (Phi) is 3.27. The number of nitrogens with zero attached hydrogens (tertiary/aromatic N) is 3. The summed E-state index contributed by atoms with van der Waals surface area (Å²) in [4.78, 5) is 2.52. The van der Waals surface area contributed by atoms with Gasteiger partial charge in [-0.2, -0.15) is 0 Å². The van der Waals surface area contributed by atoms with Crippen molar-refractivity contribution in [3.05, 3.63) is 10.5 Å². The lowest BCUT2D eigenvalue weighted by molar-refractivity contribution is 0.231. The molecule has 0 atom stereocenters. The molecule has 0 spiro atoms. The van der Waals surface area contributed by atoms with Crippen molar-refractivity contribution in [2.45, 2.75) is 25.7 Å². The van der Waals surface area contributed by atoms with Gasteiger partial charge in [-0.25, -0.2) is 0 Å². The van der Waals surface area contributed by atoms with Crippen molar-refractivity contribution in [1.29, 1.82) is 0 Å². The van der Waals surface area contributed by atoms with Crippen LogP contribution >= 0.6 is 11.3 Å². The molecule has 0 N–H and O–H groups in total. The van der Waals surface area contributed by atoms with Crippen LogP contribution in [0.15, 0.2) is 0 Å². The summed E-state index contributed by atoms with van der Waals surface area (Å²) in [6.07, 6.45) is 5.18. The van der Waals surface area contributed by atoms with Crippen LogP contribution in [0.2, 0.25) is 0 Å². The Morgan fingerprint density at radius 1 is 1.31 bits per heavy atom. The van der Waals surface area contributed by atoms with E-state index in [0.717, 1.165) is 18.0 Å². The summed E-state index contributed by atoms with van der Waals surface area (Å²) >= 11 is 1.54. The van der Waals surface area contributed by atoms with E-state index in [1.807, 2.05) is 0 Å². The Hall–Kier alpha value is -0.480. The standard InChI is InChI=1S/C9H14N3S/c1-2-5-12(6-3-1)7-4-9-11-10-8-13-9/h1-7H2. The van der Waals surface area contributed by atoms with Crippen LogP contribution in [-0.4, -0.2) is 34.7 Å². The van der Waals surface area contributed by atoms with Crippen LogP contribution in [0.5, 0.6) is 0 Å². The third-order valence-corrected chi connectivity index (χ3v) is 3.15. The molecule has 1 aliphatic heterocycles. The fourth-order valence-corrected chi connectivity index (χ4v) is 2.17. The number of rotatable bonds is 3. The van der Waals surface area contributed by atoms with E-state index in [2.05, 4.69) is 20.6 Å². The molecular weight excluding hydrogens is 182 g/mol. The van der Waals surface area contributed by atoms with Gasteiger partial charge < -0.3 is 4.90 Å². The zero-order valence-corrected chi connectivity index (χ0v) is 8.52. The minimum Gasteiger partial charge on any atom is -0.303 e. The molecule has 0 unspecified atom stereocenters. The van der Waals surface area contributed by atoms with E-state index in [1.54, 1.807) is 0 Å². The monoisotopic (exact) mass is 196 g/mol. The molecule has 71 valence electrons. The third-order valence-electron chi connectivity index (χ3n) is 2.46. The number of hydrogen-bond acceptors (Lipinski definition) is 4. The summed E-state index contributed by atoms with van der Waals surface area (Å²) in [6.45, 7) is 3.67. The van der Waals surface area contributed by atoms with E-state index < -0.39 is 0 Å². The average molecular weight is 196 g/mol. The van der Waals surface area contributed by atoms with E-state index in [1.165, 1.54) is 43.7 Å². The van der Waals surface area contributed by atoms with Crippen LogP contribution in [0.4, 0.5) is 0 Å². The Bertz CT molecular complexity index is 229. The predicted octanol–water partition coefficient (Wildman–Crippen LogP) is 1.37. The summed E-state index contributed by atoms with van der Waals surface area (Å²) in [7, 11) is 0. The normalized spacial score (nSPS) is 19.1. The topological polar surface area (TPSA) is 29.0 Å². The number of likely N-dealkylation sites (tertiary alicyclic amines) is 1. The van der Waals surface area contributed by atoms with Crippen LogP contribution < -0.4 is 0 Å². The van der Waals surface area contributed by atoms with Gasteiger partial charge in [-0.1, -0.05) is 17.8 Å². The lowest BCUT2D eigenvalue weighted by Gasteiger charge is -2.25. The second-order valence-electron chi connectivity index (χ2n) is 3.44. The molecule has 2 heterocycles. The molecule has 13 heavy (non-hydrogen) atoms. The summed E-state index contributed by atoms with van der Waals surface area (Å²) in [5.41, 5.74) is 2.78. The molecule has 1 aromatic heterocycles. The molecule has 0 saturated carbocycles. The van der Waals surface area contributed by atoms with E-state index in [4.69, 9.17) is 0 Å². The molecule has 0 bridgehead atoms. The quantitative estimate of drug-likeness (QED) is 0.731. The van der Waals surface area contributed by atoms with Crippen LogP contribution in [-0.2, 0) is 6.42 Å². The number of aromatic nitrogens is 2. The number of hydrogen-bond donors (Lipinski definition) is 0. The highest BCUT2D eigenvalue weighted by molar-refractivity contribution is 7.08. The maximum atomic E-state index is 3.99. The minimum atomic E-state index is 1.04. The lowest BCUT2D eigenvalue weighted by atomic mass is 10.1. The Morgan fingerprint density at radius 3 is 2.85 bits per heavy atom. The predicted molar refractivity (Wildman–Crippen MR) is 52.7 cm³/mol. The zero-order valence-electron chi connectivity index (χ0n) is 7.70. The largest absolute Gasteiger partial charge is 0.303 e. The molecule has 1 radical (unpaired) electrons. The van der Waals surface area contributed by atoms with Crippen molar-refractivity contribution in [2.24, 2.45) is 0 Å². The van der Waals surface area contributed by atoms with Crippen LogP contribution in [0.25, 0.3) is 0 Å². The smallest absolute Gasteiger partial charge is 0.178 e. The van der Waals surface area contributed by atoms with Gasteiger partial charge >= 0.3 is 0 Å². The first kappa shape index (κ1) is 9.09. The van der Waals surface area contributed by atoms with Gasteiger partial charge in [0.1, 0.15) is 5.01 Å². The van der Waals surface area contributed by atoms with Crippen LogP contribution in [0.1, 0.15) is 24.3 Å². The first-order valence-electron chi connectivity index (χ1n) is 4.86. The second-order valence-corrected chi connectivity index (χ2v) is 4.30. The van der Waals surface area contributed by atoms with E-state index in [0.29, 0.717) is 0 Å². The maximum absolute atomic E-state index is 3.99. The van der Waals surface area contributed by atoms with Gasteiger partial charge in [0.05, 0.1) is 0 Å². The molecule has 0 aliphatic carbocycles. The Balaban J connectivity index is 1.72. The highest BCUT2D eigenvalue weighted by atomic mass is 32.1. The SMILES string of the molecule is [c]1nnc(CCN2CCCCC2)s1. The molecule has 2 rings (SSSR count). The van der Waals surface area contributed by atoms with Crippen LogP contribution in [0.3, 0.4) is 0 Å². The van der Waals surface area contributed by atoms with Crippen LogP contribution in [0, 0.1) is 5.51 Å². The Morgan fingerprint density at radius 2 is 2.15 bits per heavy atom. The third kappa shape index (κ3) is 2.74. The first-order chi connectivity index (χ1) is 6.45. The van der Waals surface area contributed by atoms with Gasteiger partial charge in [0, 0.05) is 13.0 Å². The highest BCUT2D eigenvalue weighted by Crippen LogP contribution is 2.10. The number of piperidine rings is 1. The molecule has 3 nitrogen and oxygen atoms in total. The second kappa shape index (κ2) is 4.67. The first-order valence-corrected chi connectivity index (χ1v) is 5.67. The maximum Gasteiger partial charge on any atom is 0.178 e. The minimum absolute atomic E-state index is 1.04. The van der Waals surface area contributed by atoms with E-state index in [9.17, 15) is 0 Å². The molecule has 1 saturated heterocycles. The molecule has 4 heteroatoms. The van der Waals surface area contributed by atoms with Crippen molar-refractivity contribution >= 4 is 11.3 Å². The van der Waals surface area contributed by atoms with Gasteiger partial charge in [0.2, 0.25) is 0 Å². The van der Waals surface area contributed by atoms with Gasteiger partial charge in [-0.05, 0) is 25.9 Å². The van der Waals surface area contributed by atoms with E-state index in [-0.39, 0.29) is 0 Å². The molecule has 0 aromatic carbocycles. The molecule has 0 amide bonds. The van der Waals surface area contributed by atoms with E-state index >= 15 is 0 Å². The summed E-state index contributed by atoms with van der Waals surface area (Å²) in [6, 6.07) is 0. The fraction of sp³-hybridized carbons (Fsp3) is 0.778.